The average molecular weight is 275 g/mol. The molecule has 5 nitrogen and oxygen atoms in total. The van der Waals surface area contributed by atoms with Crippen LogP contribution < -0.4 is 10.6 Å². The van der Waals surface area contributed by atoms with Gasteiger partial charge in [-0.3, -0.25) is 4.90 Å². The molecule has 0 saturated carbocycles. The van der Waals surface area contributed by atoms with E-state index in [0.29, 0.717) is 17.9 Å². The van der Waals surface area contributed by atoms with Crippen LogP contribution in [0.1, 0.15) is 0 Å². The number of aromatic nitrogens is 1. The van der Waals surface area contributed by atoms with E-state index in [1.807, 2.05) is 12.1 Å². The largest absolute Gasteiger partial charge is 0.443 e. The Morgan fingerprint density at radius 3 is 2.70 bits per heavy atom. The molecule has 1 amide bonds. The number of amides is 1. The molecule has 0 radical (unpaired) electrons. The topological polar surface area (TPSA) is 60.5 Å². The molecule has 0 bridgehead atoms. The van der Waals surface area contributed by atoms with E-state index in [2.05, 4.69) is 0 Å². The Kier molecular flexibility index (Phi) is 3.15. The van der Waals surface area contributed by atoms with Crippen molar-refractivity contribution in [2.45, 2.75) is 6.10 Å². The first-order valence-corrected chi connectivity index (χ1v) is 6.30. The minimum Gasteiger partial charge on any atom is -0.443 e. The van der Waals surface area contributed by atoms with Crippen molar-refractivity contribution in [3.63, 3.8) is 0 Å². The third-order valence-electron chi connectivity index (χ3n) is 3.26. The predicted molar refractivity (Wildman–Crippen MR) is 72.4 cm³/mol. The van der Waals surface area contributed by atoms with Crippen LogP contribution >= 0.6 is 0 Å². The zero-order valence-electron chi connectivity index (χ0n) is 10.7. The first-order valence-electron chi connectivity index (χ1n) is 6.30. The van der Waals surface area contributed by atoms with Crippen molar-refractivity contribution in [1.82, 2.24) is 4.57 Å². The summed E-state index contributed by atoms with van der Waals surface area (Å²) in [6.45, 7) is 0.601. The number of cyclic esters (lactones) is 1. The third kappa shape index (κ3) is 2.14. The highest BCUT2D eigenvalue weighted by molar-refractivity contribution is 5.89. The van der Waals surface area contributed by atoms with Gasteiger partial charge in [0.2, 0.25) is 0 Å². The summed E-state index contributed by atoms with van der Waals surface area (Å²) in [5.41, 5.74) is 6.38. The van der Waals surface area contributed by atoms with E-state index in [0.717, 1.165) is 0 Å². The summed E-state index contributed by atoms with van der Waals surface area (Å²) in [5.74, 6) is -0.400. The molecule has 6 heteroatoms. The van der Waals surface area contributed by atoms with Crippen molar-refractivity contribution in [2.75, 3.05) is 18.0 Å². The Labute approximate surface area is 115 Å². The van der Waals surface area contributed by atoms with Crippen LogP contribution in [0.25, 0.3) is 5.69 Å². The first-order chi connectivity index (χ1) is 9.69. The lowest BCUT2D eigenvalue weighted by atomic mass is 10.2. The second-order valence-corrected chi connectivity index (χ2v) is 4.58. The molecule has 1 aliphatic heterocycles. The number of hydrogen-bond donors (Lipinski definition) is 1. The fourth-order valence-corrected chi connectivity index (χ4v) is 2.22. The van der Waals surface area contributed by atoms with Gasteiger partial charge in [0.05, 0.1) is 17.9 Å². The number of carbonyl (C=O) groups is 1. The van der Waals surface area contributed by atoms with E-state index in [4.69, 9.17) is 10.5 Å². The molecule has 1 aromatic heterocycles. The molecule has 0 aliphatic carbocycles. The number of ether oxygens (including phenoxy) is 1. The fraction of sp³-hybridized carbons (Fsp3) is 0.214. The van der Waals surface area contributed by atoms with Gasteiger partial charge in [-0.2, -0.15) is 0 Å². The highest BCUT2D eigenvalue weighted by Gasteiger charge is 2.31. The third-order valence-corrected chi connectivity index (χ3v) is 3.26. The standard InChI is InChI=1S/C14H14FN3O2/c15-12-7-10(18-9-11(8-16)20-14(18)19)3-4-13(12)17-5-1-2-6-17/h1-7,11H,8-9,16H2/t11-/m0/s1. The van der Waals surface area contributed by atoms with Crippen LogP contribution in [-0.4, -0.2) is 29.9 Å². The molecule has 1 aliphatic rings. The molecule has 1 saturated heterocycles. The van der Waals surface area contributed by atoms with Crippen LogP contribution in [0.4, 0.5) is 14.9 Å². The molecule has 2 heterocycles. The molecule has 1 fully saturated rings. The van der Waals surface area contributed by atoms with Gasteiger partial charge in [0.1, 0.15) is 11.9 Å². The molecular formula is C14H14FN3O2. The van der Waals surface area contributed by atoms with Crippen molar-refractivity contribution in [1.29, 1.82) is 0 Å². The predicted octanol–water partition coefficient (Wildman–Crippen LogP) is 1.90. The second-order valence-electron chi connectivity index (χ2n) is 4.58. The second kappa shape index (κ2) is 4.97. The lowest BCUT2D eigenvalue weighted by Crippen LogP contribution is -2.27. The molecule has 1 aromatic carbocycles. The molecule has 3 rings (SSSR count). The van der Waals surface area contributed by atoms with Gasteiger partial charge in [0.25, 0.3) is 0 Å². The van der Waals surface area contributed by atoms with E-state index >= 15 is 0 Å². The van der Waals surface area contributed by atoms with Gasteiger partial charge in [0, 0.05) is 18.9 Å². The number of nitrogens with zero attached hydrogens (tertiary/aromatic N) is 2. The van der Waals surface area contributed by atoms with E-state index in [1.54, 1.807) is 29.1 Å². The SMILES string of the molecule is NC[C@H]1CN(c2ccc(-n3cccc3)c(F)c2)C(=O)O1. The van der Waals surface area contributed by atoms with Crippen LogP contribution in [-0.2, 0) is 4.74 Å². The number of benzene rings is 1. The van der Waals surface area contributed by atoms with Crippen molar-refractivity contribution >= 4 is 11.8 Å². The van der Waals surface area contributed by atoms with Gasteiger partial charge in [0.15, 0.2) is 0 Å². The normalized spacial score (nSPS) is 18.4. The van der Waals surface area contributed by atoms with Crippen molar-refractivity contribution < 1.29 is 13.9 Å². The zero-order chi connectivity index (χ0) is 14.1. The van der Waals surface area contributed by atoms with E-state index < -0.39 is 11.9 Å². The van der Waals surface area contributed by atoms with Gasteiger partial charge in [-0.25, -0.2) is 9.18 Å². The van der Waals surface area contributed by atoms with Crippen molar-refractivity contribution in [2.24, 2.45) is 5.73 Å². The Morgan fingerprint density at radius 2 is 2.10 bits per heavy atom. The Balaban J connectivity index is 1.89. The molecule has 0 unspecified atom stereocenters. The lowest BCUT2D eigenvalue weighted by molar-refractivity contribution is 0.145. The molecule has 20 heavy (non-hydrogen) atoms. The molecule has 1 atom stereocenters. The van der Waals surface area contributed by atoms with Crippen LogP contribution in [0.5, 0.6) is 0 Å². The number of halogens is 1. The van der Waals surface area contributed by atoms with Gasteiger partial charge in [-0.15, -0.1) is 0 Å². The molecule has 2 N–H and O–H groups in total. The highest BCUT2D eigenvalue weighted by atomic mass is 19.1. The summed E-state index contributed by atoms with van der Waals surface area (Å²) < 4.78 is 20.9. The van der Waals surface area contributed by atoms with E-state index in [-0.39, 0.29) is 12.6 Å². The maximum Gasteiger partial charge on any atom is 0.414 e. The maximum atomic E-state index is 14.1. The molecule has 0 spiro atoms. The van der Waals surface area contributed by atoms with Gasteiger partial charge >= 0.3 is 6.09 Å². The highest BCUT2D eigenvalue weighted by Crippen LogP contribution is 2.25. The fourth-order valence-electron chi connectivity index (χ4n) is 2.22. The molecular weight excluding hydrogens is 261 g/mol. The summed E-state index contributed by atoms with van der Waals surface area (Å²) in [7, 11) is 0. The summed E-state index contributed by atoms with van der Waals surface area (Å²) in [6.07, 6.45) is 2.68. The summed E-state index contributed by atoms with van der Waals surface area (Å²) in [6, 6.07) is 8.29. The lowest BCUT2D eigenvalue weighted by Gasteiger charge is -2.14. The van der Waals surface area contributed by atoms with Gasteiger partial charge < -0.3 is 15.0 Å². The Hall–Kier alpha value is -2.34. The van der Waals surface area contributed by atoms with Crippen LogP contribution in [0.3, 0.4) is 0 Å². The Morgan fingerprint density at radius 1 is 1.35 bits per heavy atom. The summed E-state index contributed by atoms with van der Waals surface area (Å²) in [4.78, 5) is 13.1. The van der Waals surface area contributed by atoms with Crippen LogP contribution in [0, 0.1) is 5.82 Å². The summed E-state index contributed by atoms with van der Waals surface area (Å²) >= 11 is 0. The average Bonchev–Trinajstić information content (AvgIpc) is 3.07. The van der Waals surface area contributed by atoms with Crippen LogP contribution in [0.15, 0.2) is 42.7 Å². The number of carbonyl (C=O) groups excluding carboxylic acids is 1. The van der Waals surface area contributed by atoms with Crippen molar-refractivity contribution in [3.05, 3.63) is 48.5 Å². The smallest absolute Gasteiger partial charge is 0.414 e. The Bertz CT molecular complexity index is 627. The van der Waals surface area contributed by atoms with E-state index in [1.165, 1.54) is 11.0 Å². The number of nitrogens with two attached hydrogens (primary N) is 1. The molecule has 104 valence electrons. The monoisotopic (exact) mass is 275 g/mol. The number of anilines is 1. The zero-order valence-corrected chi connectivity index (χ0v) is 10.7. The van der Waals surface area contributed by atoms with Gasteiger partial charge in [-0.05, 0) is 30.3 Å². The quantitative estimate of drug-likeness (QED) is 0.930. The number of hydrogen-bond acceptors (Lipinski definition) is 3. The number of rotatable bonds is 3. The first kappa shape index (κ1) is 12.7. The minimum absolute atomic E-state index is 0.256. The summed E-state index contributed by atoms with van der Waals surface area (Å²) in [5, 5.41) is 0. The van der Waals surface area contributed by atoms with Gasteiger partial charge in [-0.1, -0.05) is 0 Å². The molecule has 2 aromatic rings. The maximum absolute atomic E-state index is 14.1. The van der Waals surface area contributed by atoms with E-state index in [9.17, 15) is 9.18 Å². The minimum atomic E-state index is -0.492. The van der Waals surface area contributed by atoms with Crippen molar-refractivity contribution in [3.8, 4) is 5.69 Å². The van der Waals surface area contributed by atoms with Crippen LogP contribution in [0.2, 0.25) is 0 Å².